The Morgan fingerprint density at radius 3 is 2.12 bits per heavy atom. The Bertz CT molecular complexity index is 757. The summed E-state index contributed by atoms with van der Waals surface area (Å²) in [6, 6.07) is 12.9. The lowest BCUT2D eigenvalue weighted by Gasteiger charge is -2.25. The lowest BCUT2D eigenvalue weighted by molar-refractivity contribution is 0.299. The minimum atomic E-state index is -3.67. The summed E-state index contributed by atoms with van der Waals surface area (Å²) in [5.41, 5.74) is 2.28. The summed E-state index contributed by atoms with van der Waals surface area (Å²) in [6.45, 7) is 2.33. The van der Waals surface area contributed by atoms with Crippen LogP contribution in [0.3, 0.4) is 0 Å². The third-order valence-corrected chi connectivity index (χ3v) is 5.43. The Labute approximate surface area is 143 Å². The first-order valence-electron chi connectivity index (χ1n) is 7.84. The van der Waals surface area contributed by atoms with Crippen LogP contribution in [0.25, 0.3) is 0 Å². The first-order valence-corrected chi connectivity index (χ1v) is 9.32. The lowest BCUT2D eigenvalue weighted by Crippen LogP contribution is -2.34. The summed E-state index contributed by atoms with van der Waals surface area (Å²) < 4.78 is 40.3. The number of halogens is 1. The molecule has 4 nitrogen and oxygen atoms in total. The van der Waals surface area contributed by atoms with E-state index in [1.807, 2.05) is 31.1 Å². The molecule has 6 heteroatoms. The van der Waals surface area contributed by atoms with Crippen LogP contribution in [0.1, 0.15) is 24.1 Å². The Morgan fingerprint density at radius 1 is 1.04 bits per heavy atom. The van der Waals surface area contributed by atoms with Crippen LogP contribution in [0.15, 0.2) is 53.4 Å². The highest BCUT2D eigenvalue weighted by molar-refractivity contribution is 7.89. The second-order valence-corrected chi connectivity index (χ2v) is 7.65. The van der Waals surface area contributed by atoms with Gasteiger partial charge in [-0.3, -0.25) is 0 Å². The van der Waals surface area contributed by atoms with E-state index in [-0.39, 0.29) is 17.5 Å². The van der Waals surface area contributed by atoms with E-state index in [1.165, 1.54) is 17.7 Å². The van der Waals surface area contributed by atoms with Crippen LogP contribution in [-0.4, -0.2) is 34.0 Å². The molecule has 0 aliphatic rings. The van der Waals surface area contributed by atoms with Gasteiger partial charge >= 0.3 is 0 Å². The first-order chi connectivity index (χ1) is 11.3. The van der Waals surface area contributed by atoms with Crippen LogP contribution in [0.4, 0.5) is 4.39 Å². The van der Waals surface area contributed by atoms with Crippen LogP contribution in [0.2, 0.25) is 0 Å². The molecule has 0 heterocycles. The van der Waals surface area contributed by atoms with Gasteiger partial charge in [-0.1, -0.05) is 31.2 Å². The highest BCUT2D eigenvalue weighted by Gasteiger charge is 2.19. The molecule has 1 atom stereocenters. The Balaban J connectivity index is 2.14. The van der Waals surface area contributed by atoms with Gasteiger partial charge in [0.25, 0.3) is 0 Å². The predicted octanol–water partition coefficient (Wildman–Crippen LogP) is 2.97. The van der Waals surface area contributed by atoms with E-state index < -0.39 is 15.8 Å². The summed E-state index contributed by atoms with van der Waals surface area (Å²) in [6.07, 6.45) is 0.962. The normalized spacial score (nSPS) is 13.2. The molecule has 0 spiro atoms. The van der Waals surface area contributed by atoms with E-state index in [4.69, 9.17) is 0 Å². The van der Waals surface area contributed by atoms with Crippen LogP contribution in [0, 0.1) is 5.82 Å². The quantitative estimate of drug-likeness (QED) is 0.835. The molecule has 2 aromatic rings. The Morgan fingerprint density at radius 2 is 1.62 bits per heavy atom. The molecule has 0 aliphatic carbocycles. The second kappa shape index (κ2) is 7.88. The van der Waals surface area contributed by atoms with Crippen LogP contribution < -0.4 is 4.72 Å². The van der Waals surface area contributed by atoms with Gasteiger partial charge in [0.1, 0.15) is 5.82 Å². The van der Waals surface area contributed by atoms with Gasteiger partial charge < -0.3 is 4.90 Å². The van der Waals surface area contributed by atoms with Gasteiger partial charge in [-0.05, 0) is 55.9 Å². The molecule has 130 valence electrons. The van der Waals surface area contributed by atoms with Crippen molar-refractivity contribution < 1.29 is 12.8 Å². The zero-order chi connectivity index (χ0) is 17.7. The zero-order valence-electron chi connectivity index (χ0n) is 14.2. The molecule has 0 radical (unpaired) electrons. The molecule has 1 N–H and O–H groups in total. The fraction of sp³-hybridized carbons (Fsp3) is 0.333. The van der Waals surface area contributed by atoms with Crippen molar-refractivity contribution in [3.05, 3.63) is 65.5 Å². The van der Waals surface area contributed by atoms with Gasteiger partial charge in [0.05, 0.1) is 4.90 Å². The number of rotatable bonds is 7. The summed E-state index contributed by atoms with van der Waals surface area (Å²) >= 11 is 0. The molecule has 0 amide bonds. The number of likely N-dealkylation sites (N-methyl/N-ethyl adjacent to an activating group) is 1. The molecule has 0 unspecified atom stereocenters. The average Bonchev–Trinajstić information content (AvgIpc) is 2.55. The van der Waals surface area contributed by atoms with Crippen molar-refractivity contribution in [1.82, 2.24) is 9.62 Å². The molecule has 0 bridgehead atoms. The van der Waals surface area contributed by atoms with Crippen LogP contribution in [-0.2, 0) is 16.4 Å². The zero-order valence-corrected chi connectivity index (χ0v) is 15.0. The van der Waals surface area contributed by atoms with Gasteiger partial charge in [0.2, 0.25) is 10.0 Å². The summed E-state index contributed by atoms with van der Waals surface area (Å²) in [5, 5.41) is 0. The topological polar surface area (TPSA) is 49.4 Å². The van der Waals surface area contributed by atoms with E-state index in [1.54, 1.807) is 0 Å². The van der Waals surface area contributed by atoms with Crippen molar-refractivity contribution in [2.75, 3.05) is 20.6 Å². The van der Waals surface area contributed by atoms with E-state index in [2.05, 4.69) is 23.8 Å². The number of hydrogen-bond acceptors (Lipinski definition) is 3. The van der Waals surface area contributed by atoms with E-state index in [0.29, 0.717) is 0 Å². The highest BCUT2D eigenvalue weighted by Crippen LogP contribution is 2.19. The molecule has 2 aromatic carbocycles. The largest absolute Gasteiger partial charge is 0.301 e. The molecule has 0 saturated heterocycles. The van der Waals surface area contributed by atoms with Crippen molar-refractivity contribution in [3.63, 3.8) is 0 Å². The maximum absolute atomic E-state index is 13.0. The number of nitrogens with zero attached hydrogens (tertiary/aromatic N) is 1. The minimum Gasteiger partial charge on any atom is -0.301 e. The fourth-order valence-electron chi connectivity index (χ4n) is 2.46. The SMILES string of the molecule is CCc1ccc([C@H](CNS(=O)(=O)c2ccc(F)cc2)N(C)C)cc1. The van der Waals surface area contributed by atoms with Gasteiger partial charge in [-0.2, -0.15) is 0 Å². The second-order valence-electron chi connectivity index (χ2n) is 5.88. The molecule has 0 fully saturated rings. The maximum atomic E-state index is 13.0. The monoisotopic (exact) mass is 350 g/mol. The van der Waals surface area contributed by atoms with E-state index >= 15 is 0 Å². The van der Waals surface area contributed by atoms with Crippen molar-refractivity contribution in [1.29, 1.82) is 0 Å². The van der Waals surface area contributed by atoms with E-state index in [9.17, 15) is 12.8 Å². The molecular weight excluding hydrogens is 327 g/mol. The Hall–Kier alpha value is -1.76. The average molecular weight is 350 g/mol. The molecule has 0 aromatic heterocycles. The van der Waals surface area contributed by atoms with Crippen molar-refractivity contribution in [2.45, 2.75) is 24.3 Å². The van der Waals surface area contributed by atoms with Crippen molar-refractivity contribution >= 4 is 10.0 Å². The standard InChI is InChI=1S/C18H23FN2O2S/c1-4-14-5-7-15(8-6-14)18(21(2)3)13-20-24(22,23)17-11-9-16(19)10-12-17/h5-12,18,20H,4,13H2,1-3H3/t18-/m0/s1. The number of hydrogen-bond donors (Lipinski definition) is 1. The molecule has 24 heavy (non-hydrogen) atoms. The number of sulfonamides is 1. The minimum absolute atomic E-state index is 0.0581. The number of aryl methyl sites for hydroxylation is 1. The number of benzene rings is 2. The molecule has 0 aliphatic heterocycles. The highest BCUT2D eigenvalue weighted by atomic mass is 32.2. The third kappa shape index (κ3) is 4.63. The third-order valence-electron chi connectivity index (χ3n) is 3.99. The van der Waals surface area contributed by atoms with Gasteiger partial charge in [0, 0.05) is 12.6 Å². The van der Waals surface area contributed by atoms with Gasteiger partial charge in [0.15, 0.2) is 0 Å². The summed E-state index contributed by atoms with van der Waals surface area (Å²) in [4.78, 5) is 2.02. The lowest BCUT2D eigenvalue weighted by atomic mass is 10.0. The molecule has 2 rings (SSSR count). The molecule has 0 saturated carbocycles. The maximum Gasteiger partial charge on any atom is 0.240 e. The van der Waals surface area contributed by atoms with Crippen LogP contribution >= 0.6 is 0 Å². The van der Waals surface area contributed by atoms with E-state index in [0.717, 1.165) is 24.1 Å². The number of nitrogens with one attached hydrogen (secondary N) is 1. The van der Waals surface area contributed by atoms with Crippen molar-refractivity contribution in [3.8, 4) is 0 Å². The smallest absolute Gasteiger partial charge is 0.240 e. The summed E-state index contributed by atoms with van der Waals surface area (Å²) in [5.74, 6) is -0.462. The summed E-state index contributed by atoms with van der Waals surface area (Å²) in [7, 11) is 0.145. The van der Waals surface area contributed by atoms with Gasteiger partial charge in [-0.15, -0.1) is 0 Å². The Kier molecular flexibility index (Phi) is 6.10. The molecular formula is C18H23FN2O2S. The van der Waals surface area contributed by atoms with Gasteiger partial charge in [-0.25, -0.2) is 17.5 Å². The van der Waals surface area contributed by atoms with Crippen LogP contribution in [0.5, 0.6) is 0 Å². The first kappa shape index (κ1) is 18.6. The predicted molar refractivity (Wildman–Crippen MR) is 93.8 cm³/mol. The fourth-order valence-corrected chi connectivity index (χ4v) is 3.50. The van der Waals surface area contributed by atoms with Crippen molar-refractivity contribution in [2.24, 2.45) is 0 Å².